The maximum absolute atomic E-state index is 13.1. The number of hydrogen-bond donors (Lipinski definition) is 2. The molecule has 3 nitrogen and oxygen atoms in total. The van der Waals surface area contributed by atoms with Gasteiger partial charge in [0.1, 0.15) is 11.4 Å². The molecule has 0 radical (unpaired) electrons. The van der Waals surface area contributed by atoms with E-state index in [1.54, 1.807) is 6.07 Å². The minimum Gasteiger partial charge on any atom is -0.393 e. The number of nitrogens with zero attached hydrogens (tertiary/aromatic N) is 1. The Morgan fingerprint density at radius 1 is 1.56 bits per heavy atom. The third kappa shape index (κ3) is 2.09. The van der Waals surface area contributed by atoms with Crippen LogP contribution in [0.3, 0.4) is 0 Å². The molecule has 0 spiro atoms. The maximum atomic E-state index is 13.1. The smallest absolute Gasteiger partial charge is 0.123 e. The third-order valence-electron chi connectivity index (χ3n) is 3.18. The lowest BCUT2D eigenvalue weighted by atomic mass is 9.97. The average molecular weight is 225 g/mol. The number of halogens is 1. The molecule has 2 unspecified atom stereocenters. The van der Waals surface area contributed by atoms with E-state index in [-0.39, 0.29) is 18.5 Å². The van der Waals surface area contributed by atoms with Crippen LogP contribution in [0.25, 0.3) is 0 Å². The van der Waals surface area contributed by atoms with Gasteiger partial charge in [-0.05, 0) is 31.2 Å². The molecule has 0 aliphatic carbocycles. The second kappa shape index (κ2) is 4.13. The molecule has 1 fully saturated rings. The number of aliphatic hydroxyl groups is 2. The molecule has 1 saturated heterocycles. The molecule has 4 heteroatoms. The summed E-state index contributed by atoms with van der Waals surface area (Å²) < 4.78 is 13.1. The Morgan fingerprint density at radius 3 is 2.88 bits per heavy atom. The zero-order chi connectivity index (χ0) is 11.8. The lowest BCUT2D eigenvalue weighted by molar-refractivity contribution is -0.00407. The van der Waals surface area contributed by atoms with Gasteiger partial charge in [-0.3, -0.25) is 4.90 Å². The van der Waals surface area contributed by atoms with Crippen molar-refractivity contribution in [2.45, 2.75) is 18.1 Å². The number of β-amino-alcohol motifs (C(OH)–C–C–N with tert-alkyl or cyclic N) is 1. The minimum absolute atomic E-state index is 0.0344. The minimum atomic E-state index is -1.06. The van der Waals surface area contributed by atoms with Crippen molar-refractivity contribution >= 4 is 0 Å². The van der Waals surface area contributed by atoms with Gasteiger partial charge in [-0.2, -0.15) is 0 Å². The molecule has 0 aromatic heterocycles. The first-order valence-corrected chi connectivity index (χ1v) is 5.33. The van der Waals surface area contributed by atoms with E-state index in [9.17, 15) is 9.50 Å². The van der Waals surface area contributed by atoms with Crippen molar-refractivity contribution in [3.05, 3.63) is 35.6 Å². The highest BCUT2D eigenvalue weighted by molar-refractivity contribution is 5.22. The highest BCUT2D eigenvalue weighted by Crippen LogP contribution is 2.36. The zero-order valence-electron chi connectivity index (χ0n) is 9.23. The van der Waals surface area contributed by atoms with Crippen molar-refractivity contribution < 1.29 is 14.6 Å². The molecule has 2 rings (SSSR count). The highest BCUT2D eigenvalue weighted by Gasteiger charge is 2.41. The van der Waals surface area contributed by atoms with Gasteiger partial charge < -0.3 is 10.2 Å². The lowest BCUT2D eigenvalue weighted by Crippen LogP contribution is -2.35. The van der Waals surface area contributed by atoms with Crippen molar-refractivity contribution in [3.8, 4) is 0 Å². The first kappa shape index (κ1) is 11.5. The number of rotatable bonds is 2. The molecular formula is C12H16FNO2. The van der Waals surface area contributed by atoms with Gasteiger partial charge in [-0.1, -0.05) is 12.1 Å². The van der Waals surface area contributed by atoms with E-state index in [0.29, 0.717) is 13.0 Å². The van der Waals surface area contributed by atoms with Gasteiger partial charge >= 0.3 is 0 Å². The number of aliphatic hydroxyl groups excluding tert-OH is 1. The predicted molar refractivity (Wildman–Crippen MR) is 58.4 cm³/mol. The van der Waals surface area contributed by atoms with Gasteiger partial charge in [0.2, 0.25) is 0 Å². The van der Waals surface area contributed by atoms with E-state index in [2.05, 4.69) is 0 Å². The first-order valence-electron chi connectivity index (χ1n) is 5.33. The zero-order valence-corrected chi connectivity index (χ0v) is 9.23. The largest absolute Gasteiger partial charge is 0.393 e. The molecule has 1 heterocycles. The molecular weight excluding hydrogens is 209 g/mol. The van der Waals surface area contributed by atoms with Gasteiger partial charge in [0.05, 0.1) is 6.61 Å². The van der Waals surface area contributed by atoms with Crippen molar-refractivity contribution in [2.24, 2.45) is 0 Å². The van der Waals surface area contributed by atoms with Gasteiger partial charge in [-0.15, -0.1) is 0 Å². The fourth-order valence-corrected chi connectivity index (χ4v) is 2.36. The van der Waals surface area contributed by atoms with Crippen LogP contribution < -0.4 is 0 Å². The van der Waals surface area contributed by atoms with Crippen LogP contribution in [-0.4, -0.2) is 40.9 Å². The van der Waals surface area contributed by atoms with Crippen LogP contribution in [0.4, 0.5) is 4.39 Å². The summed E-state index contributed by atoms with van der Waals surface area (Å²) in [4.78, 5) is 1.94. The van der Waals surface area contributed by atoms with E-state index >= 15 is 0 Å². The summed E-state index contributed by atoms with van der Waals surface area (Å²) in [6, 6.07) is 6.34. The number of likely N-dealkylation sites (N-methyl/N-ethyl adjacent to an activating group) is 1. The van der Waals surface area contributed by atoms with Crippen LogP contribution in [0.2, 0.25) is 0 Å². The fourth-order valence-electron chi connectivity index (χ4n) is 2.36. The van der Waals surface area contributed by atoms with Gasteiger partial charge in [0, 0.05) is 12.6 Å². The third-order valence-corrected chi connectivity index (χ3v) is 3.18. The molecule has 2 atom stereocenters. The number of benzene rings is 1. The van der Waals surface area contributed by atoms with Crippen molar-refractivity contribution in [1.29, 1.82) is 0 Å². The van der Waals surface area contributed by atoms with Crippen LogP contribution in [0.15, 0.2) is 24.3 Å². The average Bonchev–Trinajstić information content (AvgIpc) is 2.55. The van der Waals surface area contributed by atoms with E-state index in [1.807, 2.05) is 18.0 Å². The quantitative estimate of drug-likeness (QED) is 0.786. The van der Waals surface area contributed by atoms with Crippen molar-refractivity contribution in [2.75, 3.05) is 20.2 Å². The van der Waals surface area contributed by atoms with E-state index < -0.39 is 5.60 Å². The molecule has 0 bridgehead atoms. The van der Waals surface area contributed by atoms with Crippen molar-refractivity contribution in [1.82, 2.24) is 4.90 Å². The Bertz CT molecular complexity index is 385. The second-order valence-electron chi connectivity index (χ2n) is 4.57. The van der Waals surface area contributed by atoms with Crippen LogP contribution >= 0.6 is 0 Å². The summed E-state index contributed by atoms with van der Waals surface area (Å²) in [7, 11) is 1.86. The Morgan fingerprint density at radius 2 is 2.31 bits per heavy atom. The summed E-state index contributed by atoms with van der Waals surface area (Å²) in [5.74, 6) is -0.273. The standard InChI is InChI=1S/C12H16FNO2/c1-14-7-12(16,8-15)6-11(14)9-3-2-4-10(13)5-9/h2-5,11,15-16H,6-8H2,1H3. The van der Waals surface area contributed by atoms with Crippen molar-refractivity contribution in [3.63, 3.8) is 0 Å². The van der Waals surface area contributed by atoms with E-state index in [4.69, 9.17) is 5.11 Å². The van der Waals surface area contributed by atoms with E-state index in [0.717, 1.165) is 5.56 Å². The molecule has 0 amide bonds. The molecule has 1 aromatic carbocycles. The summed E-state index contributed by atoms with van der Waals surface area (Å²) in [6.07, 6.45) is 0.434. The van der Waals surface area contributed by atoms with Crippen LogP contribution in [0.5, 0.6) is 0 Å². The Kier molecular flexibility index (Phi) is 2.97. The van der Waals surface area contributed by atoms with Crippen LogP contribution in [0.1, 0.15) is 18.0 Å². The Balaban J connectivity index is 2.23. The number of likely N-dealkylation sites (tertiary alicyclic amines) is 1. The predicted octanol–water partition coefficient (Wildman–Crippen LogP) is 0.926. The summed E-state index contributed by atoms with van der Waals surface area (Å²) >= 11 is 0. The summed E-state index contributed by atoms with van der Waals surface area (Å²) in [5, 5.41) is 19.1. The first-order chi connectivity index (χ1) is 7.54. The molecule has 2 N–H and O–H groups in total. The Hall–Kier alpha value is -0.970. The molecule has 1 aliphatic heterocycles. The highest BCUT2D eigenvalue weighted by atomic mass is 19.1. The summed E-state index contributed by atoms with van der Waals surface area (Å²) in [6.45, 7) is 0.147. The van der Waals surface area contributed by atoms with Gasteiger partial charge in [0.15, 0.2) is 0 Å². The molecule has 0 saturated carbocycles. The lowest BCUT2D eigenvalue weighted by Gasteiger charge is -2.18. The fraction of sp³-hybridized carbons (Fsp3) is 0.500. The van der Waals surface area contributed by atoms with Gasteiger partial charge in [0.25, 0.3) is 0 Å². The van der Waals surface area contributed by atoms with Crippen LogP contribution in [0, 0.1) is 5.82 Å². The monoisotopic (exact) mass is 225 g/mol. The molecule has 1 aromatic rings. The second-order valence-corrected chi connectivity index (χ2v) is 4.57. The molecule has 88 valence electrons. The van der Waals surface area contributed by atoms with Crippen LogP contribution in [-0.2, 0) is 0 Å². The van der Waals surface area contributed by atoms with Gasteiger partial charge in [-0.25, -0.2) is 4.39 Å². The normalized spacial score (nSPS) is 30.9. The number of hydrogen-bond acceptors (Lipinski definition) is 3. The molecule has 16 heavy (non-hydrogen) atoms. The topological polar surface area (TPSA) is 43.7 Å². The van der Waals surface area contributed by atoms with E-state index in [1.165, 1.54) is 12.1 Å². The molecule has 1 aliphatic rings. The Labute approximate surface area is 94.1 Å². The SMILES string of the molecule is CN1CC(O)(CO)CC1c1cccc(F)c1. The summed E-state index contributed by atoms with van der Waals surface area (Å²) in [5.41, 5.74) is -0.224. The maximum Gasteiger partial charge on any atom is 0.123 e.